The summed E-state index contributed by atoms with van der Waals surface area (Å²) in [6.45, 7) is 2.89. The third-order valence-corrected chi connectivity index (χ3v) is 7.38. The third-order valence-electron chi connectivity index (χ3n) is 7.38. The monoisotopic (exact) mass is 566 g/mol. The Balaban J connectivity index is 1.41. The summed E-state index contributed by atoms with van der Waals surface area (Å²) in [6.07, 6.45) is 3.47. The Morgan fingerprint density at radius 3 is 2.54 bits per heavy atom. The maximum absolute atomic E-state index is 13.0. The lowest BCUT2D eigenvalue weighted by Gasteiger charge is -2.39. The molecule has 41 heavy (non-hydrogen) atoms. The van der Waals surface area contributed by atoms with Gasteiger partial charge in [-0.2, -0.15) is 8.78 Å². The Morgan fingerprint density at radius 1 is 1.10 bits per heavy atom. The van der Waals surface area contributed by atoms with E-state index in [2.05, 4.69) is 9.97 Å². The van der Waals surface area contributed by atoms with Crippen LogP contribution in [0.2, 0.25) is 0 Å². The van der Waals surface area contributed by atoms with E-state index in [0.29, 0.717) is 42.0 Å². The Kier molecular flexibility index (Phi) is 8.02. The minimum atomic E-state index is -2.96. The van der Waals surface area contributed by atoms with Gasteiger partial charge in [0.1, 0.15) is 12.4 Å². The van der Waals surface area contributed by atoms with E-state index in [0.717, 1.165) is 16.7 Å². The number of ether oxygens (including phenoxy) is 2. The number of alkyl halides is 2. The van der Waals surface area contributed by atoms with Crippen molar-refractivity contribution in [1.82, 2.24) is 24.2 Å². The van der Waals surface area contributed by atoms with Crippen LogP contribution in [0.25, 0.3) is 22.0 Å². The first-order chi connectivity index (χ1) is 19.7. The van der Waals surface area contributed by atoms with Gasteiger partial charge in [0, 0.05) is 63.4 Å². The zero-order valence-corrected chi connectivity index (χ0v) is 23.4. The summed E-state index contributed by atoms with van der Waals surface area (Å²) in [7, 11) is 3.15. The second kappa shape index (κ2) is 11.7. The number of rotatable bonds is 8. The predicted molar refractivity (Wildman–Crippen MR) is 150 cm³/mol. The summed E-state index contributed by atoms with van der Waals surface area (Å²) < 4.78 is 39.0. The van der Waals surface area contributed by atoms with Gasteiger partial charge < -0.3 is 19.3 Å². The van der Waals surface area contributed by atoms with Crippen LogP contribution in [-0.4, -0.2) is 76.1 Å². The molecule has 1 aliphatic rings. The number of hydrogen-bond acceptors (Lipinski definition) is 7. The molecule has 10 nitrogen and oxygen atoms in total. The van der Waals surface area contributed by atoms with Crippen LogP contribution >= 0.6 is 0 Å². The fraction of sp³-hybridized carbons (Fsp3) is 0.379. The lowest BCUT2D eigenvalue weighted by molar-refractivity contribution is -0.137. The van der Waals surface area contributed by atoms with Crippen LogP contribution in [0, 0.1) is 6.92 Å². The van der Waals surface area contributed by atoms with Crippen LogP contribution in [0.4, 0.5) is 14.7 Å². The summed E-state index contributed by atoms with van der Waals surface area (Å²) in [4.78, 5) is 38.3. The van der Waals surface area contributed by atoms with E-state index in [-0.39, 0.29) is 36.4 Å². The molecule has 2 aromatic carbocycles. The van der Waals surface area contributed by atoms with Crippen LogP contribution in [0.15, 0.2) is 53.6 Å². The number of anilines is 1. The maximum atomic E-state index is 13.0. The number of amides is 1. The topological polar surface area (TPSA) is 94.7 Å². The van der Waals surface area contributed by atoms with Crippen LogP contribution in [-0.2, 0) is 23.1 Å². The summed E-state index contributed by atoms with van der Waals surface area (Å²) in [5, 5.41) is 0.507. The van der Waals surface area contributed by atoms with Gasteiger partial charge in [-0.25, -0.2) is 9.97 Å². The average Bonchev–Trinajstić information content (AvgIpc) is 3.18. The lowest BCUT2D eigenvalue weighted by Crippen LogP contribution is -2.55. The zero-order chi connectivity index (χ0) is 29.3. The molecule has 0 spiro atoms. The van der Waals surface area contributed by atoms with Crippen molar-refractivity contribution in [2.45, 2.75) is 33.0 Å². The van der Waals surface area contributed by atoms with Gasteiger partial charge >= 0.3 is 6.61 Å². The highest BCUT2D eigenvalue weighted by atomic mass is 19.3. The van der Waals surface area contributed by atoms with Gasteiger partial charge in [0.2, 0.25) is 11.9 Å². The number of halogens is 2. The molecule has 1 atom stereocenters. The van der Waals surface area contributed by atoms with Gasteiger partial charge in [-0.05, 0) is 37.6 Å². The normalized spacial score (nSPS) is 15.6. The lowest BCUT2D eigenvalue weighted by atomic mass is 10.1. The number of carbonyl (C=O) groups excluding carboxylic acids is 1. The molecule has 1 saturated heterocycles. The van der Waals surface area contributed by atoms with E-state index in [1.165, 1.54) is 17.9 Å². The van der Waals surface area contributed by atoms with Gasteiger partial charge in [-0.15, -0.1) is 0 Å². The molecule has 12 heteroatoms. The van der Waals surface area contributed by atoms with E-state index in [9.17, 15) is 18.4 Å². The van der Waals surface area contributed by atoms with Crippen molar-refractivity contribution in [2.75, 3.05) is 38.3 Å². The molecule has 0 radical (unpaired) electrons. The number of fused-ring (bicyclic) bond motifs is 1. The molecule has 2 aromatic heterocycles. The number of carbonyl (C=O) groups is 1. The molecular weight excluding hydrogens is 534 g/mol. The predicted octanol–water partition coefficient (Wildman–Crippen LogP) is 3.44. The Hall–Kier alpha value is -4.32. The Labute approximate surface area is 235 Å². The van der Waals surface area contributed by atoms with Crippen molar-refractivity contribution >= 4 is 22.8 Å². The molecule has 216 valence electrons. The van der Waals surface area contributed by atoms with Crippen molar-refractivity contribution in [1.29, 1.82) is 0 Å². The zero-order valence-electron chi connectivity index (χ0n) is 23.4. The van der Waals surface area contributed by atoms with E-state index in [1.807, 2.05) is 35.8 Å². The number of benzene rings is 2. The molecule has 0 aliphatic carbocycles. The molecule has 1 amide bonds. The summed E-state index contributed by atoms with van der Waals surface area (Å²) >= 11 is 0. The van der Waals surface area contributed by atoms with Crippen molar-refractivity contribution < 1.29 is 23.0 Å². The van der Waals surface area contributed by atoms with Crippen LogP contribution < -0.4 is 15.2 Å². The Morgan fingerprint density at radius 2 is 1.85 bits per heavy atom. The molecular formula is C29H32F2N6O4. The Bertz CT molecular complexity index is 1620. The first kappa shape index (κ1) is 28.2. The second-order valence-electron chi connectivity index (χ2n) is 10.2. The first-order valence-corrected chi connectivity index (χ1v) is 13.3. The minimum Gasteiger partial charge on any atom is -0.434 e. The van der Waals surface area contributed by atoms with Gasteiger partial charge in [-0.3, -0.25) is 19.0 Å². The number of methoxy groups -OCH3 is 1. The summed E-state index contributed by atoms with van der Waals surface area (Å²) in [5.41, 5.74) is 3.44. The maximum Gasteiger partial charge on any atom is 0.387 e. The number of nitrogens with zero attached hydrogens (tertiary/aromatic N) is 6. The van der Waals surface area contributed by atoms with E-state index in [4.69, 9.17) is 9.47 Å². The molecule has 1 fully saturated rings. The van der Waals surface area contributed by atoms with Crippen molar-refractivity contribution in [3.05, 3.63) is 70.3 Å². The highest BCUT2D eigenvalue weighted by Gasteiger charge is 2.28. The van der Waals surface area contributed by atoms with Crippen molar-refractivity contribution in [3.63, 3.8) is 0 Å². The number of hydrogen-bond donors (Lipinski definition) is 0. The summed E-state index contributed by atoms with van der Waals surface area (Å²) in [6, 6.07) is 10.5. The standard InChI is InChI=1S/C29H32F2N6O4/c1-18-5-8-25(41-28(30)31)21(11-18)16-37-24-12-20(6-7-23(24)27(39)34(37)3)22-13-32-29(33-14-22)35-9-10-36(19(2)15-35)26(38)17-40-4/h5-8,11-14,19,28H,9-10,15-17H2,1-4H3. The van der Waals surface area contributed by atoms with Gasteiger partial charge in [-0.1, -0.05) is 23.8 Å². The molecule has 0 saturated carbocycles. The molecule has 1 unspecified atom stereocenters. The van der Waals surface area contributed by atoms with E-state index >= 15 is 0 Å². The van der Waals surface area contributed by atoms with E-state index in [1.54, 1.807) is 42.3 Å². The van der Waals surface area contributed by atoms with Crippen molar-refractivity contribution in [2.24, 2.45) is 7.05 Å². The van der Waals surface area contributed by atoms with Crippen LogP contribution in [0.1, 0.15) is 18.1 Å². The quantitative estimate of drug-likeness (QED) is 0.323. The smallest absolute Gasteiger partial charge is 0.387 e. The molecule has 0 N–H and O–H groups in total. The highest BCUT2D eigenvalue weighted by Crippen LogP contribution is 2.27. The van der Waals surface area contributed by atoms with Crippen LogP contribution in [0.5, 0.6) is 5.75 Å². The molecule has 5 rings (SSSR count). The van der Waals surface area contributed by atoms with Crippen molar-refractivity contribution in [3.8, 4) is 16.9 Å². The molecule has 1 aliphatic heterocycles. The first-order valence-electron chi connectivity index (χ1n) is 13.3. The number of aromatic nitrogens is 4. The number of aryl methyl sites for hydroxylation is 1. The molecule has 0 bridgehead atoms. The highest BCUT2D eigenvalue weighted by molar-refractivity contribution is 5.84. The van der Waals surface area contributed by atoms with Crippen LogP contribution in [0.3, 0.4) is 0 Å². The minimum absolute atomic E-state index is 0.00749. The fourth-order valence-corrected chi connectivity index (χ4v) is 5.30. The summed E-state index contributed by atoms with van der Waals surface area (Å²) in [5.74, 6) is 0.604. The molecule has 4 aromatic rings. The van der Waals surface area contributed by atoms with Gasteiger partial charge in [0.25, 0.3) is 5.56 Å². The largest absolute Gasteiger partial charge is 0.434 e. The number of piperazine rings is 1. The molecule has 3 heterocycles. The van der Waals surface area contributed by atoms with E-state index < -0.39 is 6.61 Å². The third kappa shape index (κ3) is 5.78. The van der Waals surface area contributed by atoms with Gasteiger partial charge in [0.05, 0.1) is 17.4 Å². The van der Waals surface area contributed by atoms with Gasteiger partial charge in [0.15, 0.2) is 0 Å². The fourth-order valence-electron chi connectivity index (χ4n) is 5.30. The second-order valence-corrected chi connectivity index (χ2v) is 10.2. The SMILES string of the molecule is COCC(=O)N1CCN(c2ncc(-c3ccc4c(=O)n(C)n(Cc5cc(C)ccc5OC(F)F)c4c3)cn2)CC1C. The average molecular weight is 567 g/mol.